The fourth-order valence-electron chi connectivity index (χ4n) is 7.85. The van der Waals surface area contributed by atoms with Crippen LogP contribution in [0, 0.1) is 41.4 Å². The Labute approximate surface area is 389 Å². The minimum Gasteiger partial charge on any atom is -0.400 e. The highest BCUT2D eigenvalue weighted by Gasteiger charge is 2.24. The number of allylic oxidation sites excluding steroid dienone is 8. The Bertz CT molecular complexity index is 1300. The van der Waals surface area contributed by atoms with E-state index in [0.29, 0.717) is 36.5 Å². The van der Waals surface area contributed by atoms with Gasteiger partial charge < -0.3 is 30.2 Å². The largest absolute Gasteiger partial charge is 0.400 e. The molecule has 0 saturated carbocycles. The van der Waals surface area contributed by atoms with Crippen LogP contribution in [0.1, 0.15) is 179 Å². The predicted octanol–water partition coefficient (Wildman–Crippen LogP) is 12.9. The summed E-state index contributed by atoms with van der Waals surface area (Å²) < 4.78 is 5.80. The number of nitrogens with one attached hydrogen (secondary N) is 1. The number of methoxy groups -OCH3 is 1. The number of amides is 1. The molecule has 0 aromatic rings. The smallest absolute Gasteiger partial charge is 0.249 e. The maximum Gasteiger partial charge on any atom is 0.249 e. The Kier molecular flexibility index (Phi) is 46.9. The molecule has 1 heterocycles. The Morgan fingerprint density at radius 3 is 2.03 bits per heavy atom. The van der Waals surface area contributed by atoms with E-state index in [-0.39, 0.29) is 41.3 Å². The first kappa shape index (κ1) is 66.7. The van der Waals surface area contributed by atoms with Crippen LogP contribution in [0.4, 0.5) is 0 Å². The van der Waals surface area contributed by atoms with Crippen molar-refractivity contribution in [3.8, 4) is 0 Å². The molecule has 368 valence electrons. The van der Waals surface area contributed by atoms with E-state index in [1.54, 1.807) is 7.11 Å². The van der Waals surface area contributed by atoms with Gasteiger partial charge in [-0.05, 0) is 107 Å². The SMILES string of the molecule is C=C1CC(C(C)CCCC)CCCCCNC(=O)C(=C)C(O)C(C)CCCCC(OC)/C(C)=C/C=C/C=C/[C@@H](C)C[C@@H](CC)C(=O)CC(C)/C(C)=C/C1C.CC.CC=O.CO.CO. The van der Waals surface area contributed by atoms with Gasteiger partial charge in [0.15, 0.2) is 0 Å². The maximum atomic E-state index is 13.5. The van der Waals surface area contributed by atoms with Crippen LogP contribution < -0.4 is 5.32 Å². The lowest BCUT2D eigenvalue weighted by Crippen LogP contribution is -2.33. The van der Waals surface area contributed by atoms with Crippen molar-refractivity contribution in [2.24, 2.45) is 41.4 Å². The minimum absolute atomic E-state index is 0.0338. The van der Waals surface area contributed by atoms with E-state index in [0.717, 1.165) is 91.1 Å². The number of aldehydes is 1. The second-order valence-electron chi connectivity index (χ2n) is 17.3. The number of aliphatic hydroxyl groups excluding tert-OH is 3. The molecule has 0 aromatic carbocycles. The quantitative estimate of drug-likeness (QED) is 0.119. The van der Waals surface area contributed by atoms with Crippen LogP contribution in [0.2, 0.25) is 0 Å². The molecule has 7 unspecified atom stereocenters. The summed E-state index contributed by atoms with van der Waals surface area (Å²) in [6, 6.07) is 0. The van der Waals surface area contributed by atoms with Gasteiger partial charge in [-0.1, -0.05) is 168 Å². The number of carbonyl (C=O) groups excluding carboxylic acids is 3. The van der Waals surface area contributed by atoms with E-state index in [2.05, 4.69) is 110 Å². The summed E-state index contributed by atoms with van der Waals surface area (Å²) in [6.45, 7) is 34.4. The number of aliphatic hydroxyl groups is 3. The summed E-state index contributed by atoms with van der Waals surface area (Å²) in [7, 11) is 3.76. The van der Waals surface area contributed by atoms with Crippen LogP contribution in [0.15, 0.2) is 71.9 Å². The standard InChI is InChI=1S/C49H83NO4.C2H4O.C2H6.2CH4O/c1-13-15-25-36(4)45-28-20-17-23-30-50-49(53)43(11)48(52)38(6)27-21-22-29-47(54-12)37(5)26-19-16-18-24-35(3)31-44(14-2)46(51)34-42(10)40(8)32-39(7)41(9)33-45;1-2-3;3*1-2/h16,18-19,24,26,32,35-36,38-39,42,44-45,47-48,52H,9,11,13-15,17,20-23,25,27-31,33-34H2,1-8,10,12H3,(H,50,53);2H,1H3;1-2H3;2*2H,1H3/b19-16+,24-18+,37-26+,40-32+;;;;/t35-,36?,38?,39?,42?,44-,45?,47?,48?;;;;/m1..../s1. The summed E-state index contributed by atoms with van der Waals surface area (Å²) in [5.74, 6) is 2.18. The zero-order valence-electron chi connectivity index (χ0n) is 43.4. The summed E-state index contributed by atoms with van der Waals surface area (Å²) >= 11 is 0. The third-order valence-electron chi connectivity index (χ3n) is 12.3. The molecular weight excluding hydrogens is 787 g/mol. The molecule has 1 amide bonds. The molecule has 0 aliphatic carbocycles. The number of carbonyl (C=O) groups is 3. The molecular formula is C55H101NO7. The molecule has 8 heteroatoms. The van der Waals surface area contributed by atoms with Crippen LogP contribution in [-0.2, 0) is 19.1 Å². The molecule has 0 spiro atoms. The van der Waals surface area contributed by atoms with Crippen LogP contribution in [0.5, 0.6) is 0 Å². The fourth-order valence-corrected chi connectivity index (χ4v) is 7.85. The van der Waals surface area contributed by atoms with E-state index in [1.165, 1.54) is 42.9 Å². The Morgan fingerprint density at radius 1 is 0.873 bits per heavy atom. The molecule has 0 aromatic heterocycles. The van der Waals surface area contributed by atoms with Crippen molar-refractivity contribution >= 4 is 18.0 Å². The number of ether oxygens (including phenoxy) is 1. The molecule has 4 N–H and O–H groups in total. The number of unbranched alkanes of at least 4 members (excludes halogenated alkanes) is 1. The summed E-state index contributed by atoms with van der Waals surface area (Å²) in [5, 5.41) is 27.9. The fraction of sp³-hybridized carbons (Fsp3) is 0.727. The molecule has 63 heavy (non-hydrogen) atoms. The van der Waals surface area contributed by atoms with Gasteiger partial charge in [0, 0.05) is 45.8 Å². The third-order valence-corrected chi connectivity index (χ3v) is 12.3. The van der Waals surface area contributed by atoms with E-state index in [1.807, 2.05) is 20.8 Å². The lowest BCUT2D eigenvalue weighted by Gasteiger charge is -2.27. The number of rotatable bonds is 6. The summed E-state index contributed by atoms with van der Waals surface area (Å²) in [6.07, 6.45) is 27.8. The van der Waals surface area contributed by atoms with Crippen molar-refractivity contribution in [1.29, 1.82) is 0 Å². The van der Waals surface area contributed by atoms with Gasteiger partial charge >= 0.3 is 0 Å². The highest BCUT2D eigenvalue weighted by molar-refractivity contribution is 5.93. The van der Waals surface area contributed by atoms with Gasteiger partial charge in [0.2, 0.25) is 5.91 Å². The molecule has 0 saturated heterocycles. The van der Waals surface area contributed by atoms with Crippen LogP contribution in [-0.4, -0.2) is 73.4 Å². The van der Waals surface area contributed by atoms with Crippen molar-refractivity contribution in [3.05, 3.63) is 71.9 Å². The monoisotopic (exact) mass is 888 g/mol. The van der Waals surface area contributed by atoms with Gasteiger partial charge in [0.1, 0.15) is 12.1 Å². The van der Waals surface area contributed by atoms with Gasteiger partial charge in [-0.15, -0.1) is 0 Å². The lowest BCUT2D eigenvalue weighted by atomic mass is 9.79. The van der Waals surface area contributed by atoms with Crippen LogP contribution in [0.25, 0.3) is 0 Å². The van der Waals surface area contributed by atoms with Crippen molar-refractivity contribution in [2.75, 3.05) is 27.9 Å². The Morgan fingerprint density at radius 2 is 1.46 bits per heavy atom. The van der Waals surface area contributed by atoms with Crippen molar-refractivity contribution in [3.63, 3.8) is 0 Å². The van der Waals surface area contributed by atoms with E-state index < -0.39 is 6.10 Å². The van der Waals surface area contributed by atoms with Gasteiger partial charge in [0.05, 0.1) is 12.2 Å². The molecule has 1 aliphatic rings. The van der Waals surface area contributed by atoms with Gasteiger partial charge in [-0.3, -0.25) is 9.59 Å². The molecule has 0 radical (unpaired) electrons. The first-order valence-electron chi connectivity index (χ1n) is 24.4. The van der Waals surface area contributed by atoms with E-state index in [4.69, 9.17) is 19.7 Å². The van der Waals surface area contributed by atoms with E-state index in [9.17, 15) is 14.7 Å². The predicted molar refractivity (Wildman–Crippen MR) is 272 cm³/mol. The highest BCUT2D eigenvalue weighted by Crippen LogP contribution is 2.33. The molecule has 1 aliphatic heterocycles. The molecule has 8 nitrogen and oxygen atoms in total. The highest BCUT2D eigenvalue weighted by atomic mass is 16.5. The second-order valence-corrected chi connectivity index (χ2v) is 17.3. The van der Waals surface area contributed by atoms with Gasteiger partial charge in [-0.2, -0.15) is 0 Å². The van der Waals surface area contributed by atoms with Crippen LogP contribution >= 0.6 is 0 Å². The number of Topliss-reactive ketones (excluding diaryl/α,β-unsaturated/α-hetero) is 1. The van der Waals surface area contributed by atoms with Crippen molar-refractivity contribution in [1.82, 2.24) is 5.32 Å². The Balaban J connectivity index is -0.00000179. The zero-order valence-corrected chi connectivity index (χ0v) is 43.4. The average molecular weight is 888 g/mol. The number of hydrogen-bond acceptors (Lipinski definition) is 7. The van der Waals surface area contributed by atoms with Crippen LogP contribution in [0.3, 0.4) is 0 Å². The lowest BCUT2D eigenvalue weighted by molar-refractivity contribution is -0.124. The van der Waals surface area contributed by atoms with Gasteiger partial charge in [0.25, 0.3) is 0 Å². The summed E-state index contributed by atoms with van der Waals surface area (Å²) in [4.78, 5) is 35.2. The number of hydrogen-bond donors (Lipinski definition) is 4. The molecule has 9 atom stereocenters. The Hall–Kier alpha value is -2.91. The topological polar surface area (TPSA) is 133 Å². The molecule has 0 bridgehead atoms. The van der Waals surface area contributed by atoms with Gasteiger partial charge in [-0.25, -0.2) is 0 Å². The number of ketones is 1. The zero-order chi connectivity index (χ0) is 49.3. The first-order valence-corrected chi connectivity index (χ1v) is 24.4. The molecule has 1 rings (SSSR count). The molecule has 0 fully saturated rings. The third kappa shape index (κ3) is 32.4. The first-order chi connectivity index (χ1) is 30.1. The average Bonchev–Trinajstić information content (AvgIpc) is 3.28. The summed E-state index contributed by atoms with van der Waals surface area (Å²) in [5.41, 5.74) is 4.01. The minimum atomic E-state index is -0.847. The van der Waals surface area contributed by atoms with Crippen molar-refractivity contribution in [2.45, 2.75) is 192 Å². The normalized spacial score (nSPS) is 29.1. The second kappa shape index (κ2) is 44.3. The van der Waals surface area contributed by atoms with Crippen molar-refractivity contribution < 1.29 is 34.4 Å². The maximum absolute atomic E-state index is 13.5. The van der Waals surface area contributed by atoms with E-state index >= 15 is 0 Å².